The summed E-state index contributed by atoms with van der Waals surface area (Å²) in [7, 11) is 3.13. The molecule has 0 radical (unpaired) electrons. The molecule has 2 heterocycles. The van der Waals surface area contributed by atoms with E-state index in [2.05, 4.69) is 15.7 Å². The van der Waals surface area contributed by atoms with E-state index in [9.17, 15) is 9.59 Å². The normalized spacial score (nSPS) is 14.8. The lowest BCUT2D eigenvalue weighted by atomic mass is 10.0. The number of aryl methyl sites for hydroxylation is 1. The molecule has 4 rings (SSSR count). The zero-order valence-corrected chi connectivity index (χ0v) is 17.6. The van der Waals surface area contributed by atoms with Crippen LogP contribution in [-0.2, 0) is 20.9 Å². The van der Waals surface area contributed by atoms with Gasteiger partial charge in [0.15, 0.2) is 0 Å². The summed E-state index contributed by atoms with van der Waals surface area (Å²) in [6.07, 6.45) is -0.0572. The summed E-state index contributed by atoms with van der Waals surface area (Å²) in [5.74, 6) is 0.555. The van der Waals surface area contributed by atoms with Gasteiger partial charge in [-0.1, -0.05) is 42.0 Å². The SMILES string of the molecule is COCc1nn2c(c1-c1ccc(C)cc1)NC(=O)C2CC(=O)Nc1ccccc1OC. The number of rotatable bonds is 7. The number of carbonyl (C=O) groups is 2. The first-order valence-electron chi connectivity index (χ1n) is 9.93. The van der Waals surface area contributed by atoms with Crippen LogP contribution in [0.4, 0.5) is 11.5 Å². The van der Waals surface area contributed by atoms with E-state index in [1.807, 2.05) is 37.3 Å². The minimum Gasteiger partial charge on any atom is -0.495 e. The van der Waals surface area contributed by atoms with E-state index >= 15 is 0 Å². The lowest BCUT2D eigenvalue weighted by Crippen LogP contribution is -2.24. The number of amides is 2. The largest absolute Gasteiger partial charge is 0.495 e. The minimum atomic E-state index is -0.750. The first-order valence-corrected chi connectivity index (χ1v) is 9.93. The van der Waals surface area contributed by atoms with E-state index in [0.717, 1.165) is 16.7 Å². The van der Waals surface area contributed by atoms with Crippen LogP contribution < -0.4 is 15.4 Å². The maximum absolute atomic E-state index is 12.7. The molecule has 3 aromatic rings. The zero-order valence-electron chi connectivity index (χ0n) is 17.6. The molecule has 0 saturated heterocycles. The number of anilines is 2. The summed E-state index contributed by atoms with van der Waals surface area (Å²) in [6.45, 7) is 2.31. The second kappa shape index (κ2) is 8.61. The molecule has 1 unspecified atom stereocenters. The van der Waals surface area contributed by atoms with Gasteiger partial charge in [-0.05, 0) is 24.6 Å². The standard InChI is InChI=1S/C23H24N4O4/c1-14-8-10-15(11-9-14)21-17(13-30-2)26-27-18(23(29)25-22(21)27)12-20(28)24-16-6-4-5-7-19(16)31-3/h4-11,18H,12-13H2,1-3H3,(H,24,28)(H,25,29). The topological polar surface area (TPSA) is 94.5 Å². The van der Waals surface area contributed by atoms with Gasteiger partial charge in [0.1, 0.15) is 17.6 Å². The highest BCUT2D eigenvalue weighted by molar-refractivity contribution is 6.04. The Morgan fingerprint density at radius 3 is 2.61 bits per heavy atom. The molecule has 0 saturated carbocycles. The number of para-hydroxylation sites is 2. The molecule has 0 aliphatic carbocycles. The molecule has 1 aromatic heterocycles. The number of aromatic nitrogens is 2. The van der Waals surface area contributed by atoms with E-state index in [1.54, 1.807) is 30.0 Å². The molecule has 160 valence electrons. The summed E-state index contributed by atoms with van der Waals surface area (Å²) >= 11 is 0. The molecule has 0 spiro atoms. The Bertz CT molecular complexity index is 1120. The van der Waals surface area contributed by atoms with Crippen LogP contribution in [-0.4, -0.2) is 35.8 Å². The van der Waals surface area contributed by atoms with E-state index in [0.29, 0.717) is 29.6 Å². The number of hydrogen-bond acceptors (Lipinski definition) is 5. The van der Waals surface area contributed by atoms with Gasteiger partial charge in [-0.25, -0.2) is 4.68 Å². The Kier molecular flexibility index (Phi) is 5.73. The van der Waals surface area contributed by atoms with Crippen LogP contribution in [0.1, 0.15) is 23.7 Å². The fraction of sp³-hybridized carbons (Fsp3) is 0.261. The highest BCUT2D eigenvalue weighted by atomic mass is 16.5. The fourth-order valence-electron chi connectivity index (χ4n) is 3.70. The third kappa shape index (κ3) is 4.02. The molecule has 2 aromatic carbocycles. The Morgan fingerprint density at radius 1 is 1.16 bits per heavy atom. The van der Waals surface area contributed by atoms with Crippen molar-refractivity contribution in [2.75, 3.05) is 24.9 Å². The number of hydrogen-bond donors (Lipinski definition) is 2. The van der Waals surface area contributed by atoms with Crippen molar-refractivity contribution in [3.63, 3.8) is 0 Å². The number of ether oxygens (including phenoxy) is 2. The van der Waals surface area contributed by atoms with E-state index in [-0.39, 0.29) is 18.2 Å². The van der Waals surface area contributed by atoms with Gasteiger partial charge in [0.2, 0.25) is 5.91 Å². The Hall–Kier alpha value is -3.65. The maximum Gasteiger partial charge on any atom is 0.251 e. The summed E-state index contributed by atoms with van der Waals surface area (Å²) in [6, 6.07) is 14.4. The second-order valence-corrected chi connectivity index (χ2v) is 7.37. The molecule has 2 N–H and O–H groups in total. The van der Waals surface area contributed by atoms with Crippen molar-refractivity contribution in [3.8, 4) is 16.9 Å². The van der Waals surface area contributed by atoms with Gasteiger partial charge < -0.3 is 20.1 Å². The Balaban J connectivity index is 1.62. The first kappa shape index (κ1) is 20.6. The lowest BCUT2D eigenvalue weighted by Gasteiger charge is -2.12. The van der Waals surface area contributed by atoms with Crippen molar-refractivity contribution in [1.29, 1.82) is 0 Å². The molecule has 31 heavy (non-hydrogen) atoms. The molecular formula is C23H24N4O4. The van der Waals surface area contributed by atoms with Gasteiger partial charge >= 0.3 is 0 Å². The van der Waals surface area contributed by atoms with Gasteiger partial charge in [0.25, 0.3) is 5.91 Å². The third-order valence-electron chi connectivity index (χ3n) is 5.20. The number of nitrogens with one attached hydrogen (secondary N) is 2. The maximum atomic E-state index is 12.7. The number of methoxy groups -OCH3 is 2. The fourth-order valence-corrected chi connectivity index (χ4v) is 3.70. The summed E-state index contributed by atoms with van der Waals surface area (Å²) < 4.78 is 12.2. The van der Waals surface area contributed by atoms with Crippen molar-refractivity contribution in [2.24, 2.45) is 0 Å². The Morgan fingerprint density at radius 2 is 1.90 bits per heavy atom. The van der Waals surface area contributed by atoms with Crippen molar-refractivity contribution in [2.45, 2.75) is 26.0 Å². The van der Waals surface area contributed by atoms with E-state index in [1.165, 1.54) is 7.11 Å². The molecular weight excluding hydrogens is 396 g/mol. The quantitative estimate of drug-likeness (QED) is 0.610. The van der Waals surface area contributed by atoms with Gasteiger partial charge in [-0.2, -0.15) is 5.10 Å². The van der Waals surface area contributed by atoms with Gasteiger partial charge in [0, 0.05) is 12.7 Å². The number of fused-ring (bicyclic) bond motifs is 1. The average Bonchev–Trinajstić information content (AvgIpc) is 3.24. The number of benzene rings is 2. The predicted octanol–water partition coefficient (Wildman–Crippen LogP) is 3.54. The Labute approximate surface area is 180 Å². The monoisotopic (exact) mass is 420 g/mol. The zero-order chi connectivity index (χ0) is 22.0. The van der Waals surface area contributed by atoms with Crippen LogP contribution in [0.25, 0.3) is 11.1 Å². The van der Waals surface area contributed by atoms with Crippen LogP contribution in [0.3, 0.4) is 0 Å². The smallest absolute Gasteiger partial charge is 0.251 e. The van der Waals surface area contributed by atoms with Crippen LogP contribution in [0.5, 0.6) is 5.75 Å². The molecule has 1 atom stereocenters. The van der Waals surface area contributed by atoms with Crippen molar-refractivity contribution in [1.82, 2.24) is 9.78 Å². The lowest BCUT2D eigenvalue weighted by molar-refractivity contribution is -0.123. The number of carbonyl (C=O) groups excluding carboxylic acids is 2. The molecule has 8 heteroatoms. The van der Waals surface area contributed by atoms with Crippen LogP contribution >= 0.6 is 0 Å². The summed E-state index contributed by atoms with van der Waals surface area (Å²) in [5.41, 5.74) is 4.13. The van der Waals surface area contributed by atoms with Gasteiger partial charge in [0.05, 0.1) is 31.5 Å². The molecule has 0 fully saturated rings. The predicted molar refractivity (Wildman–Crippen MR) is 117 cm³/mol. The van der Waals surface area contributed by atoms with Crippen molar-refractivity contribution in [3.05, 3.63) is 59.8 Å². The highest BCUT2D eigenvalue weighted by Gasteiger charge is 2.37. The summed E-state index contributed by atoms with van der Waals surface area (Å²) in [5, 5.41) is 10.3. The highest BCUT2D eigenvalue weighted by Crippen LogP contribution is 2.39. The van der Waals surface area contributed by atoms with Crippen molar-refractivity contribution < 1.29 is 19.1 Å². The average molecular weight is 420 g/mol. The van der Waals surface area contributed by atoms with E-state index in [4.69, 9.17) is 9.47 Å². The molecule has 8 nitrogen and oxygen atoms in total. The van der Waals surface area contributed by atoms with Crippen LogP contribution in [0, 0.1) is 6.92 Å². The third-order valence-corrected chi connectivity index (χ3v) is 5.20. The first-order chi connectivity index (χ1) is 15.0. The van der Waals surface area contributed by atoms with Gasteiger partial charge in [-0.15, -0.1) is 0 Å². The minimum absolute atomic E-state index is 0.0572. The second-order valence-electron chi connectivity index (χ2n) is 7.37. The number of nitrogens with zero attached hydrogens (tertiary/aromatic N) is 2. The van der Waals surface area contributed by atoms with Crippen LogP contribution in [0.15, 0.2) is 48.5 Å². The summed E-state index contributed by atoms with van der Waals surface area (Å²) in [4.78, 5) is 25.4. The van der Waals surface area contributed by atoms with E-state index < -0.39 is 6.04 Å². The van der Waals surface area contributed by atoms with Crippen molar-refractivity contribution >= 4 is 23.3 Å². The molecule has 2 amide bonds. The van der Waals surface area contributed by atoms with Crippen LogP contribution in [0.2, 0.25) is 0 Å². The molecule has 0 bridgehead atoms. The molecule has 1 aliphatic rings. The molecule has 1 aliphatic heterocycles. The van der Waals surface area contributed by atoms with Gasteiger partial charge in [-0.3, -0.25) is 9.59 Å².